The zero-order chi connectivity index (χ0) is 35.0. The number of carbonyl (C=O) groups is 1. The number of rotatable bonds is 17. The van der Waals surface area contributed by atoms with Crippen molar-refractivity contribution >= 4 is 23.7 Å². The Labute approximate surface area is 284 Å². The summed E-state index contributed by atoms with van der Waals surface area (Å²) in [5.74, 6) is 0.507. The van der Waals surface area contributed by atoms with Gasteiger partial charge in [-0.1, -0.05) is 43.2 Å². The lowest BCUT2D eigenvalue weighted by molar-refractivity contribution is -0.219. The number of aromatic nitrogens is 4. The molecule has 13 heteroatoms. The smallest absolute Gasteiger partial charge is 0.397 e. The van der Waals surface area contributed by atoms with Gasteiger partial charge in [0.25, 0.3) is 0 Å². The third-order valence-electron chi connectivity index (χ3n) is 8.25. The molecule has 0 fully saturated rings. The van der Waals surface area contributed by atoms with E-state index in [1.54, 1.807) is 29.2 Å². The molecule has 3 heterocycles. The molecule has 1 aromatic carbocycles. The number of alkyl halides is 3. The summed E-state index contributed by atoms with van der Waals surface area (Å²) >= 11 is 1.08. The van der Waals surface area contributed by atoms with Gasteiger partial charge in [-0.25, -0.2) is 9.67 Å². The van der Waals surface area contributed by atoms with Gasteiger partial charge >= 0.3 is 6.18 Å². The summed E-state index contributed by atoms with van der Waals surface area (Å²) in [6.45, 7) is 6.50. The number of carbonyl (C=O) groups excluding carboxylic acids is 1. The third-order valence-corrected chi connectivity index (χ3v) is 8.72. The molecule has 0 spiro atoms. The van der Waals surface area contributed by atoms with Gasteiger partial charge in [0.1, 0.15) is 17.5 Å². The van der Waals surface area contributed by atoms with Gasteiger partial charge in [0.15, 0.2) is 0 Å². The van der Waals surface area contributed by atoms with Crippen LogP contribution in [0.15, 0.2) is 78.1 Å². The minimum absolute atomic E-state index is 0.105. The molecule has 48 heavy (non-hydrogen) atoms. The first-order chi connectivity index (χ1) is 22.7. The average Bonchev–Trinajstić information content (AvgIpc) is 3.53. The van der Waals surface area contributed by atoms with Crippen molar-refractivity contribution in [3.05, 3.63) is 78.6 Å². The maximum absolute atomic E-state index is 13.3. The van der Waals surface area contributed by atoms with Crippen LogP contribution in [0.2, 0.25) is 0 Å². The van der Waals surface area contributed by atoms with Crippen molar-refractivity contribution in [1.29, 1.82) is 0 Å². The second-order valence-corrected chi connectivity index (χ2v) is 13.7. The fourth-order valence-electron chi connectivity index (χ4n) is 5.06. The van der Waals surface area contributed by atoms with E-state index in [4.69, 9.17) is 15.6 Å². The molecule has 0 saturated carbocycles. The average molecular weight is 684 g/mol. The van der Waals surface area contributed by atoms with Crippen LogP contribution in [0.4, 0.5) is 19.0 Å². The first-order valence-electron chi connectivity index (χ1n) is 15.9. The number of hydrogen-bond donors (Lipinski definition) is 2. The topological polar surface area (TPSA) is 125 Å². The van der Waals surface area contributed by atoms with Gasteiger partial charge in [-0.15, -0.1) is 5.10 Å². The lowest BCUT2D eigenvalue weighted by Gasteiger charge is -2.31. The monoisotopic (exact) mass is 683 g/mol. The fraction of sp³-hybridized carbons (Fsp3) is 0.429. The molecule has 0 unspecified atom stereocenters. The standard InChI is InChI=1S/C35H44F3N7O2S/c1-33(2,32(39)46)23-44(28-17-11-18-30(42-28)48-40)21-10-6-5-7-13-25-14-8-9-15-26(25)31-27(16-12-20-41-31)45-22-19-29(43-45)47-24-34(3,4)35(36,37)38/h8-9,11-12,14-20,22H,5-7,10,13,21,23-24,40H2,1-4H3,(H2,39,46). The molecule has 0 atom stereocenters. The summed E-state index contributed by atoms with van der Waals surface area (Å²) in [7, 11) is 0. The van der Waals surface area contributed by atoms with Crippen molar-refractivity contribution in [2.24, 2.45) is 21.7 Å². The number of nitrogens with two attached hydrogens (primary N) is 2. The summed E-state index contributed by atoms with van der Waals surface area (Å²) in [5, 5.41) is 10.8. The van der Waals surface area contributed by atoms with Gasteiger partial charge in [-0.2, -0.15) is 13.2 Å². The van der Waals surface area contributed by atoms with E-state index < -0.39 is 23.6 Å². The summed E-state index contributed by atoms with van der Waals surface area (Å²) in [4.78, 5) is 23.5. The van der Waals surface area contributed by atoms with Gasteiger partial charge in [0.05, 0.1) is 22.2 Å². The molecule has 0 radical (unpaired) electrons. The molecule has 1 amide bonds. The van der Waals surface area contributed by atoms with Crippen LogP contribution in [0.25, 0.3) is 16.9 Å². The van der Waals surface area contributed by atoms with E-state index in [9.17, 15) is 18.0 Å². The number of nitrogens with zero attached hydrogens (tertiary/aromatic N) is 5. The Hall–Kier alpha value is -4.10. The van der Waals surface area contributed by atoms with Gasteiger partial charge in [-0.3, -0.25) is 14.9 Å². The highest BCUT2D eigenvalue weighted by Crippen LogP contribution is 2.38. The summed E-state index contributed by atoms with van der Waals surface area (Å²) in [5.41, 5.74) is 6.46. The highest BCUT2D eigenvalue weighted by Gasteiger charge is 2.48. The Morgan fingerprint density at radius 3 is 2.44 bits per heavy atom. The zero-order valence-corrected chi connectivity index (χ0v) is 28.7. The van der Waals surface area contributed by atoms with Crippen molar-refractivity contribution in [2.75, 3.05) is 24.6 Å². The van der Waals surface area contributed by atoms with Crippen LogP contribution >= 0.6 is 11.9 Å². The summed E-state index contributed by atoms with van der Waals surface area (Å²) < 4.78 is 46.9. The first-order valence-corrected chi connectivity index (χ1v) is 16.8. The van der Waals surface area contributed by atoms with Gasteiger partial charge < -0.3 is 15.4 Å². The van der Waals surface area contributed by atoms with Crippen molar-refractivity contribution < 1.29 is 22.7 Å². The Bertz CT molecular complexity index is 1660. The van der Waals surface area contributed by atoms with E-state index in [2.05, 4.69) is 26.0 Å². The Balaban J connectivity index is 1.39. The highest BCUT2D eigenvalue weighted by atomic mass is 32.2. The molecule has 0 saturated heterocycles. The van der Waals surface area contributed by atoms with Crippen LogP contribution in [-0.2, 0) is 11.2 Å². The molecule has 4 aromatic rings. The lowest BCUT2D eigenvalue weighted by atomic mass is 9.91. The second kappa shape index (κ2) is 15.9. The number of pyridine rings is 2. The molecule has 4 rings (SSSR count). The van der Waals surface area contributed by atoms with E-state index >= 15 is 0 Å². The number of benzene rings is 1. The largest absolute Gasteiger partial charge is 0.476 e. The van der Waals surface area contributed by atoms with Crippen LogP contribution in [-0.4, -0.2) is 51.5 Å². The third kappa shape index (κ3) is 9.50. The van der Waals surface area contributed by atoms with E-state index in [0.717, 1.165) is 87.1 Å². The lowest BCUT2D eigenvalue weighted by Crippen LogP contribution is -2.43. The number of unbranched alkanes of at least 4 members (excludes halogenated alkanes) is 3. The van der Waals surface area contributed by atoms with Crippen LogP contribution in [0.3, 0.4) is 0 Å². The van der Waals surface area contributed by atoms with E-state index in [1.807, 2.05) is 56.3 Å². The van der Waals surface area contributed by atoms with Crippen molar-refractivity contribution in [1.82, 2.24) is 19.7 Å². The minimum Gasteiger partial charge on any atom is -0.476 e. The predicted molar refractivity (Wildman–Crippen MR) is 184 cm³/mol. The molecule has 0 aliphatic heterocycles. The van der Waals surface area contributed by atoms with Crippen molar-refractivity contribution in [2.45, 2.75) is 71.0 Å². The summed E-state index contributed by atoms with van der Waals surface area (Å²) in [6, 6.07) is 19.0. The quantitative estimate of drug-likeness (QED) is 0.0873. The maximum Gasteiger partial charge on any atom is 0.397 e. The molecular formula is C35H44F3N7O2S. The molecule has 3 aromatic heterocycles. The number of primary amides is 1. The zero-order valence-electron chi connectivity index (χ0n) is 27.8. The first kappa shape index (κ1) is 36.7. The van der Waals surface area contributed by atoms with Crippen LogP contribution in [0.5, 0.6) is 5.88 Å². The maximum atomic E-state index is 13.3. The molecule has 4 N–H and O–H groups in total. The van der Waals surface area contributed by atoms with E-state index in [-0.39, 0.29) is 11.8 Å². The predicted octanol–water partition coefficient (Wildman–Crippen LogP) is 7.38. The number of hydrogen-bond acceptors (Lipinski definition) is 8. The second-order valence-electron chi connectivity index (χ2n) is 13.1. The van der Waals surface area contributed by atoms with Crippen LogP contribution < -0.4 is 20.5 Å². The Kier molecular flexibility index (Phi) is 12.1. The van der Waals surface area contributed by atoms with Gasteiger partial charge in [0.2, 0.25) is 11.8 Å². The SMILES string of the molecule is CC(C)(CN(CCCCCCc1ccccc1-c1ncccc1-n1ccc(OCC(C)(C)C(F)(F)F)n1)c1cccc(SN)n1)C(N)=O. The fourth-order valence-corrected chi connectivity index (χ4v) is 5.36. The Morgan fingerprint density at radius 2 is 1.71 bits per heavy atom. The molecule has 258 valence electrons. The van der Waals surface area contributed by atoms with Crippen LogP contribution in [0.1, 0.15) is 58.9 Å². The summed E-state index contributed by atoms with van der Waals surface area (Å²) in [6.07, 6.45) is 3.66. The van der Waals surface area contributed by atoms with Gasteiger partial charge in [0, 0.05) is 37.1 Å². The van der Waals surface area contributed by atoms with Gasteiger partial charge in [-0.05, 0) is 88.7 Å². The normalized spacial score (nSPS) is 12.2. The number of ether oxygens (including phenoxy) is 1. The number of halogens is 3. The number of anilines is 1. The number of aryl methyl sites for hydroxylation is 1. The van der Waals surface area contributed by atoms with E-state index in [0.29, 0.717) is 17.3 Å². The molecule has 0 bridgehead atoms. The number of amides is 1. The van der Waals surface area contributed by atoms with Crippen LogP contribution in [0, 0.1) is 10.8 Å². The molecular weight excluding hydrogens is 639 g/mol. The van der Waals surface area contributed by atoms with Crippen molar-refractivity contribution in [3.8, 4) is 22.8 Å². The molecule has 9 nitrogen and oxygen atoms in total. The van der Waals surface area contributed by atoms with E-state index in [1.165, 1.54) is 0 Å². The minimum atomic E-state index is -4.40. The molecule has 0 aliphatic rings. The Morgan fingerprint density at radius 1 is 0.958 bits per heavy atom. The highest BCUT2D eigenvalue weighted by molar-refractivity contribution is 7.97. The molecule has 0 aliphatic carbocycles. The van der Waals surface area contributed by atoms with Crippen molar-refractivity contribution in [3.63, 3.8) is 0 Å².